The number of hydrogen-bond acceptors (Lipinski definition) is 7. The molecule has 2 heterocycles. The van der Waals surface area contributed by atoms with E-state index in [2.05, 4.69) is 4.90 Å². The second kappa shape index (κ2) is 12.5. The molecule has 1 aliphatic rings. The zero-order valence-corrected chi connectivity index (χ0v) is 23.7. The van der Waals surface area contributed by atoms with Gasteiger partial charge in [0.25, 0.3) is 11.5 Å². The molecule has 5 rings (SSSR count). The summed E-state index contributed by atoms with van der Waals surface area (Å²) in [4.78, 5) is 46.9. The topological polar surface area (TPSA) is 94.0 Å². The molecule has 9 nitrogen and oxygen atoms in total. The number of rotatable bonds is 9. The second-order valence-corrected chi connectivity index (χ2v) is 10.5. The van der Waals surface area contributed by atoms with E-state index in [1.165, 1.54) is 0 Å². The Balaban J connectivity index is 1.37. The maximum Gasteiger partial charge on any atom is 0.266 e. The summed E-state index contributed by atoms with van der Waals surface area (Å²) in [5, 5.41) is 0.960. The van der Waals surface area contributed by atoms with Gasteiger partial charge in [-0.3, -0.25) is 23.9 Å². The van der Waals surface area contributed by atoms with Crippen LogP contribution in [0.25, 0.3) is 16.6 Å². The summed E-state index contributed by atoms with van der Waals surface area (Å²) in [6, 6.07) is 19.2. The Morgan fingerprint density at radius 2 is 1.76 bits per heavy atom. The van der Waals surface area contributed by atoms with Gasteiger partial charge in [0.05, 0.1) is 29.2 Å². The number of aromatic nitrogens is 2. The summed E-state index contributed by atoms with van der Waals surface area (Å²) < 4.78 is 13.2. The zero-order chi connectivity index (χ0) is 28.9. The van der Waals surface area contributed by atoms with Crippen LogP contribution in [0.15, 0.2) is 71.5 Å². The van der Waals surface area contributed by atoms with Crippen molar-refractivity contribution in [2.24, 2.45) is 0 Å². The van der Waals surface area contributed by atoms with E-state index in [0.29, 0.717) is 83.5 Å². The standard InChI is InChI=1S/C31H31ClN4O5/c1-21(2)41-28-6-4-3-5-27(28)36-29(33-26-12-7-22(19-37)17-25(26)31(36)39)18-34-13-15-35(16-14-34)30(38)20-40-24-10-8-23(32)9-11-24/h3-12,17,19,21H,13-16,18,20H2,1-2H3. The maximum atomic E-state index is 13.9. The largest absolute Gasteiger partial charge is 0.489 e. The van der Waals surface area contributed by atoms with Gasteiger partial charge >= 0.3 is 0 Å². The van der Waals surface area contributed by atoms with Crippen molar-refractivity contribution < 1.29 is 19.1 Å². The summed E-state index contributed by atoms with van der Waals surface area (Å²) in [5.74, 6) is 1.61. The first-order valence-corrected chi connectivity index (χ1v) is 13.9. The van der Waals surface area contributed by atoms with Gasteiger partial charge in [0, 0.05) is 36.8 Å². The highest BCUT2D eigenvalue weighted by atomic mass is 35.5. The lowest BCUT2D eigenvalue weighted by Crippen LogP contribution is -2.50. The third kappa shape index (κ3) is 6.58. The molecular weight excluding hydrogens is 544 g/mol. The molecule has 1 fully saturated rings. The van der Waals surface area contributed by atoms with Crippen LogP contribution in [0.3, 0.4) is 0 Å². The van der Waals surface area contributed by atoms with E-state index in [1.54, 1.807) is 51.9 Å². The van der Waals surface area contributed by atoms with Gasteiger partial charge in [-0.2, -0.15) is 0 Å². The number of nitrogens with zero attached hydrogens (tertiary/aromatic N) is 4. The highest BCUT2D eigenvalue weighted by Crippen LogP contribution is 2.25. The van der Waals surface area contributed by atoms with Crippen LogP contribution < -0.4 is 15.0 Å². The van der Waals surface area contributed by atoms with Gasteiger partial charge < -0.3 is 14.4 Å². The lowest BCUT2D eigenvalue weighted by Gasteiger charge is -2.34. The van der Waals surface area contributed by atoms with Crippen LogP contribution >= 0.6 is 11.6 Å². The second-order valence-electron chi connectivity index (χ2n) is 10.1. The number of hydrogen-bond donors (Lipinski definition) is 0. The molecule has 4 aromatic rings. The molecule has 10 heteroatoms. The van der Waals surface area contributed by atoms with Crippen LogP contribution in [0, 0.1) is 0 Å². The molecule has 41 heavy (non-hydrogen) atoms. The van der Waals surface area contributed by atoms with Crippen molar-refractivity contribution in [1.82, 2.24) is 19.4 Å². The maximum absolute atomic E-state index is 13.9. The van der Waals surface area contributed by atoms with E-state index < -0.39 is 0 Å². The van der Waals surface area contributed by atoms with Crippen molar-refractivity contribution in [2.75, 3.05) is 32.8 Å². The van der Waals surface area contributed by atoms with Crippen molar-refractivity contribution >= 4 is 34.7 Å². The van der Waals surface area contributed by atoms with Crippen molar-refractivity contribution in [2.45, 2.75) is 26.5 Å². The number of aldehydes is 1. The Morgan fingerprint density at radius 1 is 1.02 bits per heavy atom. The molecule has 0 aliphatic carbocycles. The first-order chi connectivity index (χ1) is 19.8. The van der Waals surface area contributed by atoms with E-state index >= 15 is 0 Å². The van der Waals surface area contributed by atoms with Gasteiger partial charge in [0.15, 0.2) is 6.61 Å². The summed E-state index contributed by atoms with van der Waals surface area (Å²) in [7, 11) is 0. The fourth-order valence-electron chi connectivity index (χ4n) is 4.80. The smallest absolute Gasteiger partial charge is 0.266 e. The van der Waals surface area contributed by atoms with Crippen LogP contribution in [0.1, 0.15) is 30.0 Å². The average molecular weight is 575 g/mol. The third-order valence-corrected chi connectivity index (χ3v) is 7.08. The number of halogens is 1. The summed E-state index contributed by atoms with van der Waals surface area (Å²) in [6.07, 6.45) is 0.619. The van der Waals surface area contributed by atoms with E-state index in [-0.39, 0.29) is 24.2 Å². The quantitative estimate of drug-likeness (QED) is 0.274. The third-order valence-electron chi connectivity index (χ3n) is 6.83. The molecule has 1 saturated heterocycles. The van der Waals surface area contributed by atoms with Gasteiger partial charge in [-0.1, -0.05) is 23.7 Å². The number of piperazine rings is 1. The first kappa shape index (κ1) is 28.3. The lowest BCUT2D eigenvalue weighted by molar-refractivity contribution is -0.135. The minimum Gasteiger partial charge on any atom is -0.489 e. The van der Waals surface area contributed by atoms with Gasteiger partial charge in [0.1, 0.15) is 23.6 Å². The molecule has 1 aromatic heterocycles. The minimum absolute atomic E-state index is 0.0528. The van der Waals surface area contributed by atoms with E-state index in [9.17, 15) is 14.4 Å². The van der Waals surface area contributed by atoms with E-state index in [1.807, 2.05) is 38.1 Å². The van der Waals surface area contributed by atoms with Crippen molar-refractivity contribution in [3.05, 3.63) is 93.5 Å². The molecule has 0 radical (unpaired) electrons. The molecule has 0 unspecified atom stereocenters. The Morgan fingerprint density at radius 3 is 2.46 bits per heavy atom. The highest BCUT2D eigenvalue weighted by molar-refractivity contribution is 6.30. The Kier molecular flexibility index (Phi) is 8.66. The minimum atomic E-state index is -0.276. The number of para-hydroxylation sites is 2. The summed E-state index contributed by atoms with van der Waals surface area (Å²) in [6.45, 7) is 6.45. The molecule has 0 N–H and O–H groups in total. The Hall–Kier alpha value is -4.21. The normalized spacial score (nSPS) is 13.9. The monoisotopic (exact) mass is 574 g/mol. The van der Waals surface area contributed by atoms with Crippen molar-refractivity contribution in [3.63, 3.8) is 0 Å². The van der Waals surface area contributed by atoms with Crippen molar-refractivity contribution in [1.29, 1.82) is 0 Å². The molecule has 0 atom stereocenters. The number of ether oxygens (including phenoxy) is 2. The summed E-state index contributed by atoms with van der Waals surface area (Å²) >= 11 is 5.91. The van der Waals surface area contributed by atoms with Gasteiger partial charge in [0.2, 0.25) is 0 Å². The van der Waals surface area contributed by atoms with Gasteiger partial charge in [-0.25, -0.2) is 4.98 Å². The molecule has 3 aromatic carbocycles. The van der Waals surface area contributed by atoms with Crippen LogP contribution in [-0.2, 0) is 11.3 Å². The lowest BCUT2D eigenvalue weighted by atomic mass is 10.1. The molecule has 0 saturated carbocycles. The fourth-order valence-corrected chi connectivity index (χ4v) is 4.92. The average Bonchev–Trinajstić information content (AvgIpc) is 2.97. The van der Waals surface area contributed by atoms with Crippen LogP contribution in [0.5, 0.6) is 11.5 Å². The number of amides is 1. The van der Waals surface area contributed by atoms with Crippen molar-refractivity contribution in [3.8, 4) is 17.2 Å². The van der Waals surface area contributed by atoms with Crippen LogP contribution in [0.4, 0.5) is 0 Å². The Bertz CT molecular complexity index is 1610. The predicted molar refractivity (Wildman–Crippen MR) is 157 cm³/mol. The number of fused-ring (bicyclic) bond motifs is 1. The first-order valence-electron chi connectivity index (χ1n) is 13.5. The Labute approximate surface area is 242 Å². The predicted octanol–water partition coefficient (Wildman–Crippen LogP) is 4.36. The van der Waals surface area contributed by atoms with Crippen LogP contribution in [0.2, 0.25) is 5.02 Å². The number of carbonyl (C=O) groups excluding carboxylic acids is 2. The van der Waals surface area contributed by atoms with E-state index in [4.69, 9.17) is 26.1 Å². The zero-order valence-electron chi connectivity index (χ0n) is 23.0. The molecule has 1 aliphatic heterocycles. The number of benzene rings is 3. The fraction of sp³-hybridized carbons (Fsp3) is 0.290. The number of carbonyl (C=O) groups is 2. The van der Waals surface area contributed by atoms with E-state index in [0.717, 1.165) is 0 Å². The molecule has 1 amide bonds. The van der Waals surface area contributed by atoms with Crippen LogP contribution in [-0.4, -0.2) is 70.4 Å². The molecule has 0 bridgehead atoms. The summed E-state index contributed by atoms with van der Waals surface area (Å²) in [5.41, 5.74) is 1.23. The molecule has 212 valence electrons. The highest BCUT2D eigenvalue weighted by Gasteiger charge is 2.24. The van der Waals surface area contributed by atoms with Gasteiger partial charge in [-0.15, -0.1) is 0 Å². The SMILES string of the molecule is CC(C)Oc1ccccc1-n1c(CN2CCN(C(=O)COc3ccc(Cl)cc3)CC2)nc2ccc(C=O)cc2c1=O. The van der Waals surface area contributed by atoms with Gasteiger partial charge in [-0.05, 0) is 68.4 Å². The molecular formula is C31H31ClN4O5. The molecule has 0 spiro atoms.